The normalized spacial score (nSPS) is 20.1. The van der Waals surface area contributed by atoms with Gasteiger partial charge in [-0.1, -0.05) is 19.1 Å². The Hall–Kier alpha value is -1.06. The minimum absolute atomic E-state index is 0.445. The molecule has 1 aromatic carbocycles. The molecule has 1 aromatic rings. The van der Waals surface area contributed by atoms with Gasteiger partial charge >= 0.3 is 0 Å². The molecule has 2 rings (SSSR count). The molecule has 1 fully saturated rings. The molecule has 3 nitrogen and oxygen atoms in total. The Morgan fingerprint density at radius 2 is 2.05 bits per heavy atom. The van der Waals surface area contributed by atoms with Gasteiger partial charge in [-0.15, -0.1) is 0 Å². The van der Waals surface area contributed by atoms with Crippen LogP contribution in [0, 0.1) is 0 Å². The van der Waals surface area contributed by atoms with Crippen LogP contribution in [0.2, 0.25) is 0 Å². The van der Waals surface area contributed by atoms with E-state index in [4.69, 9.17) is 4.74 Å². The van der Waals surface area contributed by atoms with Crippen molar-refractivity contribution in [2.75, 3.05) is 32.1 Å². The van der Waals surface area contributed by atoms with Crippen LogP contribution in [0.1, 0.15) is 44.2 Å². The van der Waals surface area contributed by atoms with Crippen LogP contribution in [0.15, 0.2) is 24.3 Å². The fourth-order valence-electron chi connectivity index (χ4n) is 2.86. The van der Waals surface area contributed by atoms with Crippen LogP contribution in [0.4, 0.5) is 5.69 Å². The zero-order valence-corrected chi connectivity index (χ0v) is 13.1. The van der Waals surface area contributed by atoms with Crippen molar-refractivity contribution in [1.29, 1.82) is 0 Å². The number of hydrogen-bond donors (Lipinski definition) is 1. The van der Waals surface area contributed by atoms with Crippen LogP contribution in [0.25, 0.3) is 0 Å². The summed E-state index contributed by atoms with van der Waals surface area (Å²) in [6, 6.07) is 9.34. The molecule has 0 aromatic heterocycles. The van der Waals surface area contributed by atoms with Gasteiger partial charge in [0.05, 0.1) is 6.10 Å². The van der Waals surface area contributed by atoms with Crippen LogP contribution in [-0.2, 0) is 4.74 Å². The fourth-order valence-corrected chi connectivity index (χ4v) is 2.86. The lowest BCUT2D eigenvalue weighted by molar-refractivity contribution is 0.0996. The zero-order chi connectivity index (χ0) is 14.4. The van der Waals surface area contributed by atoms with Crippen molar-refractivity contribution >= 4 is 5.69 Å². The molecule has 0 radical (unpaired) electrons. The lowest BCUT2D eigenvalue weighted by atomic mass is 9.99. The molecule has 0 saturated carbocycles. The molecule has 1 N–H and O–H groups in total. The van der Waals surface area contributed by atoms with Crippen LogP contribution in [-0.4, -0.2) is 33.4 Å². The van der Waals surface area contributed by atoms with Crippen LogP contribution >= 0.6 is 0 Å². The Morgan fingerprint density at radius 1 is 1.30 bits per heavy atom. The van der Waals surface area contributed by atoms with E-state index in [1.165, 1.54) is 24.1 Å². The first-order valence-electron chi connectivity index (χ1n) is 7.83. The second kappa shape index (κ2) is 7.65. The fraction of sp³-hybridized carbons (Fsp3) is 0.647. The molecule has 3 heteroatoms. The third kappa shape index (κ3) is 4.22. The molecule has 1 saturated heterocycles. The Kier molecular flexibility index (Phi) is 5.86. The number of anilines is 1. The van der Waals surface area contributed by atoms with E-state index in [1.54, 1.807) is 0 Å². The standard InChI is InChI=1S/C17H28N2O/c1-4-18-17(12-11-16-6-5-13-20-16)14-7-9-15(10-8-14)19(2)3/h7-10,16-18H,4-6,11-13H2,1-3H3. The largest absolute Gasteiger partial charge is 0.378 e. The monoisotopic (exact) mass is 276 g/mol. The maximum Gasteiger partial charge on any atom is 0.0576 e. The van der Waals surface area contributed by atoms with Crippen molar-refractivity contribution in [3.63, 3.8) is 0 Å². The summed E-state index contributed by atoms with van der Waals surface area (Å²) in [7, 11) is 4.16. The van der Waals surface area contributed by atoms with Gasteiger partial charge in [-0.3, -0.25) is 0 Å². The van der Waals surface area contributed by atoms with Crippen LogP contribution in [0.3, 0.4) is 0 Å². The highest BCUT2D eigenvalue weighted by molar-refractivity contribution is 5.46. The lowest BCUT2D eigenvalue weighted by Crippen LogP contribution is -2.22. The second-order valence-corrected chi connectivity index (χ2v) is 5.81. The highest BCUT2D eigenvalue weighted by atomic mass is 16.5. The molecule has 1 aliphatic rings. The molecule has 112 valence electrons. The summed E-state index contributed by atoms with van der Waals surface area (Å²) in [5.74, 6) is 0. The summed E-state index contributed by atoms with van der Waals surface area (Å²) < 4.78 is 5.73. The lowest BCUT2D eigenvalue weighted by Gasteiger charge is -2.21. The Labute approximate surface area is 123 Å². The number of benzene rings is 1. The molecule has 20 heavy (non-hydrogen) atoms. The van der Waals surface area contributed by atoms with Crippen molar-refractivity contribution in [1.82, 2.24) is 5.32 Å². The van der Waals surface area contributed by atoms with Gasteiger partial charge in [0.2, 0.25) is 0 Å². The van der Waals surface area contributed by atoms with E-state index in [0.717, 1.165) is 26.0 Å². The molecule has 2 unspecified atom stereocenters. The quantitative estimate of drug-likeness (QED) is 0.826. The van der Waals surface area contributed by atoms with Crippen molar-refractivity contribution in [3.05, 3.63) is 29.8 Å². The highest BCUT2D eigenvalue weighted by Crippen LogP contribution is 2.25. The van der Waals surface area contributed by atoms with Gasteiger partial charge in [0.25, 0.3) is 0 Å². The Morgan fingerprint density at radius 3 is 2.60 bits per heavy atom. The molecule has 0 aliphatic carbocycles. The molecular weight excluding hydrogens is 248 g/mol. The molecule has 0 spiro atoms. The molecule has 1 heterocycles. The first-order valence-corrected chi connectivity index (χ1v) is 7.83. The third-order valence-electron chi connectivity index (χ3n) is 4.06. The minimum atomic E-state index is 0.445. The summed E-state index contributed by atoms with van der Waals surface area (Å²) in [5, 5.41) is 3.60. The Balaban J connectivity index is 1.95. The number of nitrogens with zero attached hydrogens (tertiary/aromatic N) is 1. The van der Waals surface area contributed by atoms with E-state index < -0.39 is 0 Å². The first-order chi connectivity index (χ1) is 9.70. The number of rotatable bonds is 7. The first kappa shape index (κ1) is 15.3. The number of nitrogens with one attached hydrogen (secondary N) is 1. The van der Waals surface area contributed by atoms with Gasteiger partial charge in [-0.2, -0.15) is 0 Å². The van der Waals surface area contributed by atoms with E-state index in [-0.39, 0.29) is 0 Å². The van der Waals surface area contributed by atoms with Crippen LogP contribution in [0.5, 0.6) is 0 Å². The van der Waals surface area contributed by atoms with Crippen molar-refractivity contribution in [2.24, 2.45) is 0 Å². The SMILES string of the molecule is CCNC(CCC1CCCO1)c1ccc(N(C)C)cc1. The van der Waals surface area contributed by atoms with Gasteiger partial charge in [0.1, 0.15) is 0 Å². The van der Waals surface area contributed by atoms with E-state index in [2.05, 4.69) is 55.5 Å². The average molecular weight is 276 g/mol. The van der Waals surface area contributed by atoms with E-state index in [0.29, 0.717) is 12.1 Å². The third-order valence-corrected chi connectivity index (χ3v) is 4.06. The maximum atomic E-state index is 5.73. The number of hydrogen-bond acceptors (Lipinski definition) is 3. The predicted molar refractivity (Wildman–Crippen MR) is 85.4 cm³/mol. The Bertz CT molecular complexity index is 382. The average Bonchev–Trinajstić information content (AvgIpc) is 2.97. The zero-order valence-electron chi connectivity index (χ0n) is 13.1. The van der Waals surface area contributed by atoms with Gasteiger partial charge in [0, 0.05) is 32.4 Å². The molecular formula is C17H28N2O. The summed E-state index contributed by atoms with van der Waals surface area (Å²) >= 11 is 0. The van der Waals surface area contributed by atoms with E-state index in [1.807, 2.05) is 0 Å². The topological polar surface area (TPSA) is 24.5 Å². The molecule has 2 atom stereocenters. The molecule has 0 bridgehead atoms. The summed E-state index contributed by atoms with van der Waals surface area (Å²) in [4.78, 5) is 2.14. The summed E-state index contributed by atoms with van der Waals surface area (Å²) in [6.07, 6.45) is 5.26. The molecule has 1 aliphatic heterocycles. The number of ether oxygens (including phenoxy) is 1. The van der Waals surface area contributed by atoms with Gasteiger partial charge in [-0.05, 0) is 49.9 Å². The minimum Gasteiger partial charge on any atom is -0.378 e. The van der Waals surface area contributed by atoms with Gasteiger partial charge < -0.3 is 15.0 Å². The predicted octanol–water partition coefficient (Wildman–Crippen LogP) is 3.36. The van der Waals surface area contributed by atoms with Crippen molar-refractivity contribution < 1.29 is 4.74 Å². The van der Waals surface area contributed by atoms with E-state index >= 15 is 0 Å². The van der Waals surface area contributed by atoms with Crippen molar-refractivity contribution in [3.8, 4) is 0 Å². The summed E-state index contributed by atoms with van der Waals surface area (Å²) in [6.45, 7) is 4.13. The summed E-state index contributed by atoms with van der Waals surface area (Å²) in [5.41, 5.74) is 2.64. The second-order valence-electron chi connectivity index (χ2n) is 5.81. The van der Waals surface area contributed by atoms with Gasteiger partial charge in [0.15, 0.2) is 0 Å². The van der Waals surface area contributed by atoms with Crippen LogP contribution < -0.4 is 10.2 Å². The van der Waals surface area contributed by atoms with Gasteiger partial charge in [-0.25, -0.2) is 0 Å². The highest BCUT2D eigenvalue weighted by Gasteiger charge is 2.18. The molecule has 0 amide bonds. The smallest absolute Gasteiger partial charge is 0.0576 e. The van der Waals surface area contributed by atoms with Crippen molar-refractivity contribution in [2.45, 2.75) is 44.8 Å². The van der Waals surface area contributed by atoms with E-state index in [9.17, 15) is 0 Å². The maximum absolute atomic E-state index is 5.73.